The molecule has 138 valence electrons. The van der Waals surface area contributed by atoms with Gasteiger partial charge in [0.05, 0.1) is 9.35 Å². The Morgan fingerprint density at radius 3 is 2.65 bits per heavy atom. The molecule has 1 aliphatic carbocycles. The fourth-order valence-corrected chi connectivity index (χ4v) is 4.93. The van der Waals surface area contributed by atoms with Gasteiger partial charge in [0.2, 0.25) is 0 Å². The minimum absolute atomic E-state index is 0.0257. The van der Waals surface area contributed by atoms with Gasteiger partial charge in [-0.2, -0.15) is 0 Å². The predicted octanol–water partition coefficient (Wildman–Crippen LogP) is 4.69. The van der Waals surface area contributed by atoms with Crippen LogP contribution in [-0.2, 0) is 4.79 Å². The van der Waals surface area contributed by atoms with Crippen molar-refractivity contribution in [2.24, 2.45) is 0 Å². The van der Waals surface area contributed by atoms with Gasteiger partial charge in [-0.1, -0.05) is 25.0 Å². The van der Waals surface area contributed by atoms with E-state index >= 15 is 0 Å². The number of thiophene rings is 1. The van der Waals surface area contributed by atoms with E-state index < -0.39 is 18.5 Å². The van der Waals surface area contributed by atoms with Crippen LogP contribution in [0, 0.1) is 0 Å². The number of carboxylic acids is 2. The lowest BCUT2D eigenvalue weighted by Crippen LogP contribution is -2.14. The number of carbonyl (C=O) groups is 2. The Hall–Kier alpha value is -2.06. The second-order valence-electron chi connectivity index (χ2n) is 6.10. The number of anilines is 1. The van der Waals surface area contributed by atoms with Crippen LogP contribution in [-0.4, -0.2) is 34.8 Å². The monoisotopic (exact) mass is 439 g/mol. The summed E-state index contributed by atoms with van der Waals surface area (Å²) in [4.78, 5) is 22.9. The van der Waals surface area contributed by atoms with E-state index in [0.29, 0.717) is 15.4 Å². The summed E-state index contributed by atoms with van der Waals surface area (Å²) in [6.45, 7) is -0.599. The maximum absolute atomic E-state index is 11.5. The SMILES string of the molecule is O=C(O)COc1c(C(=O)O)sc(-c2cccc(NC3CCCC3)c2)c1Br. The highest BCUT2D eigenvalue weighted by atomic mass is 79.9. The zero-order valence-electron chi connectivity index (χ0n) is 13.8. The molecule has 26 heavy (non-hydrogen) atoms. The Morgan fingerprint density at radius 2 is 2.00 bits per heavy atom. The third-order valence-corrected chi connectivity index (χ3v) is 6.42. The van der Waals surface area contributed by atoms with E-state index in [1.54, 1.807) is 0 Å². The fourth-order valence-electron chi connectivity index (χ4n) is 3.04. The Balaban J connectivity index is 1.91. The van der Waals surface area contributed by atoms with Crippen LogP contribution < -0.4 is 10.1 Å². The number of aromatic carboxylic acids is 1. The van der Waals surface area contributed by atoms with Crippen LogP contribution in [0.1, 0.15) is 35.4 Å². The minimum atomic E-state index is -1.16. The molecule has 0 radical (unpaired) electrons. The second kappa shape index (κ2) is 8.09. The van der Waals surface area contributed by atoms with Crippen molar-refractivity contribution in [2.75, 3.05) is 11.9 Å². The van der Waals surface area contributed by atoms with Gasteiger partial charge in [-0.3, -0.25) is 0 Å². The van der Waals surface area contributed by atoms with E-state index in [-0.39, 0.29) is 10.6 Å². The number of nitrogens with one attached hydrogen (secondary N) is 1. The van der Waals surface area contributed by atoms with Crippen LogP contribution in [0.2, 0.25) is 0 Å². The van der Waals surface area contributed by atoms with Crippen LogP contribution in [0.15, 0.2) is 28.7 Å². The molecule has 2 aromatic rings. The Morgan fingerprint density at radius 1 is 1.27 bits per heavy atom. The van der Waals surface area contributed by atoms with Gasteiger partial charge in [0.1, 0.15) is 0 Å². The van der Waals surface area contributed by atoms with E-state index in [4.69, 9.17) is 9.84 Å². The first kappa shape index (κ1) is 18.7. The summed E-state index contributed by atoms with van der Waals surface area (Å²) in [5.41, 5.74) is 1.83. The van der Waals surface area contributed by atoms with Gasteiger partial charge in [-0.25, -0.2) is 9.59 Å². The number of hydrogen-bond donors (Lipinski definition) is 3. The van der Waals surface area contributed by atoms with Crippen molar-refractivity contribution in [3.8, 4) is 16.2 Å². The molecule has 0 amide bonds. The zero-order valence-corrected chi connectivity index (χ0v) is 16.2. The maximum Gasteiger partial charge on any atom is 0.349 e. The molecule has 1 fully saturated rings. The van der Waals surface area contributed by atoms with E-state index in [2.05, 4.69) is 21.2 Å². The summed E-state index contributed by atoms with van der Waals surface area (Å²) in [5, 5.41) is 21.7. The maximum atomic E-state index is 11.5. The van der Waals surface area contributed by atoms with Gasteiger partial charge in [0.25, 0.3) is 0 Å². The molecule has 1 aromatic carbocycles. The minimum Gasteiger partial charge on any atom is -0.479 e. The smallest absolute Gasteiger partial charge is 0.349 e. The molecule has 0 bridgehead atoms. The number of hydrogen-bond acceptors (Lipinski definition) is 5. The zero-order chi connectivity index (χ0) is 18.7. The predicted molar refractivity (Wildman–Crippen MR) is 103 cm³/mol. The molecular formula is C18H18BrNO5S. The first-order valence-electron chi connectivity index (χ1n) is 8.23. The van der Waals surface area contributed by atoms with Crippen molar-refractivity contribution >= 4 is 44.9 Å². The number of carboxylic acid groups (broad SMARTS) is 2. The normalized spacial score (nSPS) is 14.3. The van der Waals surface area contributed by atoms with Crippen molar-refractivity contribution in [3.63, 3.8) is 0 Å². The van der Waals surface area contributed by atoms with Crippen molar-refractivity contribution in [3.05, 3.63) is 33.6 Å². The average Bonchev–Trinajstić information content (AvgIpc) is 3.21. The van der Waals surface area contributed by atoms with Crippen LogP contribution in [0.3, 0.4) is 0 Å². The van der Waals surface area contributed by atoms with Gasteiger partial charge in [0.15, 0.2) is 17.2 Å². The molecular weight excluding hydrogens is 422 g/mol. The van der Waals surface area contributed by atoms with Crippen molar-refractivity contribution in [1.82, 2.24) is 0 Å². The quantitative estimate of drug-likeness (QED) is 0.578. The van der Waals surface area contributed by atoms with E-state index in [1.165, 1.54) is 12.8 Å². The lowest BCUT2D eigenvalue weighted by Gasteiger charge is -2.14. The molecule has 0 atom stereocenters. The van der Waals surface area contributed by atoms with Gasteiger partial charge in [0, 0.05) is 11.7 Å². The third kappa shape index (κ3) is 4.19. The summed E-state index contributed by atoms with van der Waals surface area (Å²) in [6.07, 6.45) is 4.78. The van der Waals surface area contributed by atoms with Gasteiger partial charge in [-0.15, -0.1) is 11.3 Å². The summed E-state index contributed by atoms with van der Waals surface area (Å²) in [6, 6.07) is 8.24. The van der Waals surface area contributed by atoms with Crippen molar-refractivity contribution in [2.45, 2.75) is 31.7 Å². The van der Waals surface area contributed by atoms with Crippen LogP contribution >= 0.6 is 27.3 Å². The lowest BCUT2D eigenvalue weighted by molar-refractivity contribution is -0.139. The van der Waals surface area contributed by atoms with Gasteiger partial charge >= 0.3 is 11.9 Å². The Kier molecular flexibility index (Phi) is 5.83. The van der Waals surface area contributed by atoms with Gasteiger partial charge < -0.3 is 20.3 Å². The summed E-state index contributed by atoms with van der Waals surface area (Å²) in [5.74, 6) is -2.26. The van der Waals surface area contributed by atoms with Crippen LogP contribution in [0.4, 0.5) is 5.69 Å². The van der Waals surface area contributed by atoms with Crippen LogP contribution in [0.5, 0.6) is 5.75 Å². The molecule has 1 aliphatic rings. The third-order valence-electron chi connectivity index (χ3n) is 4.19. The molecule has 1 saturated carbocycles. The molecule has 8 heteroatoms. The van der Waals surface area contributed by atoms with Gasteiger partial charge in [-0.05, 0) is 46.5 Å². The molecule has 0 unspecified atom stereocenters. The average molecular weight is 440 g/mol. The van der Waals surface area contributed by atoms with E-state index in [1.807, 2.05) is 24.3 Å². The molecule has 1 aromatic heterocycles. The number of benzene rings is 1. The highest BCUT2D eigenvalue weighted by Crippen LogP contribution is 2.46. The molecule has 3 rings (SSSR count). The Labute approximate surface area is 162 Å². The number of halogens is 1. The van der Waals surface area contributed by atoms with E-state index in [0.717, 1.165) is 35.4 Å². The first-order chi connectivity index (χ1) is 12.5. The lowest BCUT2D eigenvalue weighted by atomic mass is 10.1. The molecule has 0 aliphatic heterocycles. The van der Waals surface area contributed by atoms with E-state index in [9.17, 15) is 14.7 Å². The molecule has 0 spiro atoms. The Bertz CT molecular complexity index is 829. The number of ether oxygens (including phenoxy) is 1. The number of rotatable bonds is 7. The molecule has 1 heterocycles. The first-order valence-corrected chi connectivity index (χ1v) is 9.84. The highest BCUT2D eigenvalue weighted by molar-refractivity contribution is 9.10. The highest BCUT2D eigenvalue weighted by Gasteiger charge is 2.24. The second-order valence-corrected chi connectivity index (χ2v) is 7.91. The van der Waals surface area contributed by atoms with Crippen molar-refractivity contribution < 1.29 is 24.5 Å². The fraction of sp³-hybridized carbons (Fsp3) is 0.333. The van der Waals surface area contributed by atoms with Crippen molar-refractivity contribution in [1.29, 1.82) is 0 Å². The molecule has 6 nitrogen and oxygen atoms in total. The standard InChI is InChI=1S/C18H18BrNO5S/c19-14-15(25-9-13(21)22)17(18(23)24)26-16(14)10-4-3-7-12(8-10)20-11-5-1-2-6-11/h3-4,7-8,11,20H,1-2,5-6,9H2,(H,21,22)(H,23,24). The largest absolute Gasteiger partial charge is 0.479 e. The summed E-state index contributed by atoms with van der Waals surface area (Å²) in [7, 11) is 0. The molecule has 0 saturated heterocycles. The molecule has 3 N–H and O–H groups in total. The summed E-state index contributed by atoms with van der Waals surface area (Å²) < 4.78 is 5.66. The topological polar surface area (TPSA) is 95.9 Å². The summed E-state index contributed by atoms with van der Waals surface area (Å²) >= 11 is 4.44. The number of aliphatic carboxylic acids is 1. The van der Waals surface area contributed by atoms with Crippen LogP contribution in [0.25, 0.3) is 10.4 Å².